The minimum Gasteiger partial charge on any atom is -0.308 e. The van der Waals surface area contributed by atoms with Crippen molar-refractivity contribution in [1.82, 2.24) is 19.0 Å². The van der Waals surface area contributed by atoms with Crippen LogP contribution in [0.4, 0.5) is 15.8 Å². The molecule has 10 heteroatoms. The van der Waals surface area contributed by atoms with Crippen LogP contribution in [0.15, 0.2) is 53.7 Å². The van der Waals surface area contributed by atoms with E-state index in [2.05, 4.69) is 23.8 Å². The van der Waals surface area contributed by atoms with Crippen LogP contribution < -0.4 is 5.32 Å². The van der Waals surface area contributed by atoms with E-state index in [0.29, 0.717) is 25.6 Å². The monoisotopic (exact) mass is 513 g/mol. The first kappa shape index (κ1) is 26.2. The molecule has 1 aromatic heterocycles. The van der Waals surface area contributed by atoms with Gasteiger partial charge in [-0.2, -0.15) is 9.40 Å². The van der Waals surface area contributed by atoms with Crippen LogP contribution in [-0.2, 0) is 17.1 Å². The highest BCUT2D eigenvalue weighted by molar-refractivity contribution is 7.89. The van der Waals surface area contributed by atoms with Gasteiger partial charge >= 0.3 is 0 Å². The lowest BCUT2D eigenvalue weighted by Gasteiger charge is -2.42. The molecule has 1 saturated heterocycles. The topological polar surface area (TPSA) is 98.9 Å². The fourth-order valence-electron chi connectivity index (χ4n) is 4.77. The number of nitrogens with two attached hydrogens (primary N) is 1. The van der Waals surface area contributed by atoms with Crippen LogP contribution >= 0.6 is 0 Å². The van der Waals surface area contributed by atoms with Crippen LogP contribution in [0.3, 0.4) is 0 Å². The Morgan fingerprint density at radius 1 is 1.19 bits per heavy atom. The summed E-state index contributed by atoms with van der Waals surface area (Å²) in [5, 5.41) is 14.2. The van der Waals surface area contributed by atoms with Gasteiger partial charge in [-0.15, -0.1) is 0 Å². The summed E-state index contributed by atoms with van der Waals surface area (Å²) in [5.74, 6) is 0.124. The van der Waals surface area contributed by atoms with Crippen LogP contribution in [0.5, 0.6) is 0 Å². The second-order valence-electron chi connectivity index (χ2n) is 9.77. The number of halogens is 1. The van der Waals surface area contributed by atoms with Gasteiger partial charge in [-0.1, -0.05) is 13.8 Å². The fraction of sp³-hybridized carbons (Fsp3) is 0.385. The molecule has 0 amide bonds. The summed E-state index contributed by atoms with van der Waals surface area (Å²) in [5.41, 5.74) is 4.46. The molecule has 0 saturated carbocycles. The predicted molar refractivity (Wildman–Crippen MR) is 138 cm³/mol. The molecule has 0 radical (unpaired) electrons. The van der Waals surface area contributed by atoms with E-state index in [1.165, 1.54) is 33.4 Å². The number of aryl methyl sites for hydroxylation is 2. The fourth-order valence-corrected chi connectivity index (χ4v) is 6.16. The lowest BCUT2D eigenvalue weighted by molar-refractivity contribution is -0.478. The maximum atomic E-state index is 13.4. The predicted octanol–water partition coefficient (Wildman–Crippen LogP) is 3.10. The summed E-state index contributed by atoms with van der Waals surface area (Å²) in [4.78, 5) is 2.34. The smallest absolute Gasteiger partial charge is 0.262 e. The van der Waals surface area contributed by atoms with E-state index in [-0.39, 0.29) is 16.9 Å². The Labute approximate surface area is 212 Å². The molecule has 1 fully saturated rings. The number of sulfonamides is 1. The Morgan fingerprint density at radius 2 is 1.92 bits per heavy atom. The van der Waals surface area contributed by atoms with Crippen LogP contribution in [0.1, 0.15) is 36.6 Å². The maximum Gasteiger partial charge on any atom is 0.262 e. The molecular weight excluding hydrogens is 479 g/mol. The Kier molecular flexibility index (Phi) is 7.70. The average molecular weight is 514 g/mol. The van der Waals surface area contributed by atoms with E-state index in [1.807, 2.05) is 24.4 Å². The van der Waals surface area contributed by atoms with E-state index in [0.717, 1.165) is 34.6 Å². The molecule has 2 heterocycles. The highest BCUT2D eigenvalue weighted by Gasteiger charge is 2.37. The summed E-state index contributed by atoms with van der Waals surface area (Å²) in [6, 6.07) is 11.6. The average Bonchev–Trinajstić information content (AvgIpc) is 3.28. The third-order valence-electron chi connectivity index (χ3n) is 6.53. The summed E-state index contributed by atoms with van der Waals surface area (Å²) in [6.45, 7) is 8.49. The quantitative estimate of drug-likeness (QED) is 0.357. The van der Waals surface area contributed by atoms with E-state index < -0.39 is 10.0 Å². The molecule has 1 atom stereocenters. The van der Waals surface area contributed by atoms with Crippen molar-refractivity contribution in [2.24, 2.45) is 13.0 Å². The Hall–Kier alpha value is -2.92. The van der Waals surface area contributed by atoms with E-state index in [9.17, 15) is 12.8 Å². The SMILES string of the molecule is Cc1cc([NH2+]c2ccc(F)cc2)c(C=N)cc1[C@@H]1CN(S(=O)(=O)c2ccn(C)n2)CCN1CC(C)C. The minimum absolute atomic E-state index is 0.0576. The zero-order valence-corrected chi connectivity index (χ0v) is 22.0. The van der Waals surface area contributed by atoms with Gasteiger partial charge in [0, 0.05) is 69.9 Å². The molecule has 1 aliphatic heterocycles. The first-order valence-electron chi connectivity index (χ1n) is 12.1. The summed E-state index contributed by atoms with van der Waals surface area (Å²) < 4.78 is 43.1. The number of hydrogen-bond donors (Lipinski definition) is 2. The standard InChI is InChI=1S/C26H33FN6O2S/c1-18(2)16-32-11-12-33(36(34,35)26-9-10-31(4)30-26)17-25(32)23-14-20(15-28)24(13-19(23)3)29-22-7-5-21(27)6-8-22/h5-10,13-15,18,25,28-29H,11-12,16-17H2,1-4H3/p+1/t25-/m0/s1. The highest BCUT2D eigenvalue weighted by Crippen LogP contribution is 2.33. The van der Waals surface area contributed by atoms with Crippen molar-refractivity contribution >= 4 is 27.6 Å². The van der Waals surface area contributed by atoms with Crippen molar-refractivity contribution in [1.29, 1.82) is 5.41 Å². The summed E-state index contributed by atoms with van der Waals surface area (Å²) >= 11 is 0. The number of quaternary nitrogens is 1. The molecule has 8 nitrogen and oxygen atoms in total. The van der Waals surface area contributed by atoms with E-state index in [4.69, 9.17) is 5.41 Å². The zero-order chi connectivity index (χ0) is 26.0. The zero-order valence-electron chi connectivity index (χ0n) is 21.1. The summed E-state index contributed by atoms with van der Waals surface area (Å²) in [6.07, 6.45) is 2.95. The molecule has 192 valence electrons. The number of benzene rings is 2. The molecule has 2 aromatic carbocycles. The second-order valence-corrected chi connectivity index (χ2v) is 11.7. The van der Waals surface area contributed by atoms with Crippen molar-refractivity contribution in [2.45, 2.75) is 31.8 Å². The molecule has 3 aromatic rings. The minimum atomic E-state index is -3.72. The number of hydrogen-bond acceptors (Lipinski definition) is 5. The molecule has 4 rings (SSSR count). The Balaban J connectivity index is 1.69. The van der Waals surface area contributed by atoms with Gasteiger partial charge < -0.3 is 5.41 Å². The van der Waals surface area contributed by atoms with Crippen LogP contribution in [0.25, 0.3) is 0 Å². The van der Waals surface area contributed by atoms with Gasteiger partial charge in [0.1, 0.15) is 17.2 Å². The molecule has 0 unspecified atom stereocenters. The van der Waals surface area contributed by atoms with Crippen molar-refractivity contribution in [3.05, 3.63) is 71.2 Å². The molecule has 36 heavy (non-hydrogen) atoms. The van der Waals surface area contributed by atoms with Crippen molar-refractivity contribution in [3.8, 4) is 0 Å². The highest BCUT2D eigenvalue weighted by atomic mass is 32.2. The third kappa shape index (κ3) is 5.57. The van der Waals surface area contributed by atoms with E-state index >= 15 is 0 Å². The van der Waals surface area contributed by atoms with Gasteiger partial charge in [0.15, 0.2) is 5.03 Å². The Bertz CT molecular complexity index is 1340. The first-order chi connectivity index (χ1) is 17.1. The largest absolute Gasteiger partial charge is 0.308 e. The molecule has 3 N–H and O–H groups in total. The van der Waals surface area contributed by atoms with Crippen molar-refractivity contribution < 1.29 is 18.1 Å². The van der Waals surface area contributed by atoms with Gasteiger partial charge in [0.05, 0.1) is 5.56 Å². The number of piperazine rings is 1. The normalized spacial score (nSPS) is 17.6. The van der Waals surface area contributed by atoms with Gasteiger partial charge in [0.25, 0.3) is 10.0 Å². The number of rotatable bonds is 8. The van der Waals surface area contributed by atoms with Crippen LogP contribution in [0.2, 0.25) is 0 Å². The first-order valence-corrected chi connectivity index (χ1v) is 13.5. The van der Waals surface area contributed by atoms with Gasteiger partial charge in [-0.05, 0) is 48.2 Å². The molecule has 1 aliphatic rings. The number of nitrogens with zero attached hydrogens (tertiary/aromatic N) is 4. The van der Waals surface area contributed by atoms with Crippen LogP contribution in [0, 0.1) is 24.1 Å². The summed E-state index contributed by atoms with van der Waals surface area (Å²) in [7, 11) is -2.02. The molecule has 0 aliphatic carbocycles. The van der Waals surface area contributed by atoms with E-state index in [1.54, 1.807) is 25.4 Å². The maximum absolute atomic E-state index is 13.4. The van der Waals surface area contributed by atoms with Crippen LogP contribution in [-0.4, -0.2) is 59.8 Å². The second kappa shape index (κ2) is 10.6. The third-order valence-corrected chi connectivity index (χ3v) is 8.28. The van der Waals surface area contributed by atoms with Gasteiger partial charge in [-0.3, -0.25) is 14.9 Å². The van der Waals surface area contributed by atoms with Crippen molar-refractivity contribution in [3.63, 3.8) is 0 Å². The Morgan fingerprint density at radius 3 is 2.53 bits per heavy atom. The molecule has 0 bridgehead atoms. The number of aromatic nitrogens is 2. The number of nitrogens with one attached hydrogen (secondary N) is 1. The molecule has 0 spiro atoms. The van der Waals surface area contributed by atoms with Gasteiger partial charge in [-0.25, -0.2) is 12.8 Å². The molecular formula is C26H34FN6O2S+. The lowest BCUT2D eigenvalue weighted by Crippen LogP contribution is -2.71. The van der Waals surface area contributed by atoms with Crippen molar-refractivity contribution in [2.75, 3.05) is 26.2 Å². The van der Waals surface area contributed by atoms with Gasteiger partial charge in [0.2, 0.25) is 0 Å². The lowest BCUT2D eigenvalue weighted by atomic mass is 9.94.